The van der Waals surface area contributed by atoms with Gasteiger partial charge < -0.3 is 5.32 Å². The van der Waals surface area contributed by atoms with Crippen molar-refractivity contribution < 1.29 is 4.79 Å². The maximum absolute atomic E-state index is 12.9. The zero-order valence-corrected chi connectivity index (χ0v) is 18.0. The van der Waals surface area contributed by atoms with Gasteiger partial charge >= 0.3 is 0 Å². The molecule has 1 aliphatic carbocycles. The molecular formula is C24H28N4OS. The molecule has 3 aromatic rings. The molecule has 156 valence electrons. The SMILES string of the molecule is O=C(N[C@H]1CC[C@H](CCN2CCc3ncsc3C2)CC1)c1cccc2ncccc12. The van der Waals surface area contributed by atoms with Gasteiger partial charge in [-0.05, 0) is 62.8 Å². The Hall–Kier alpha value is -2.31. The number of amides is 1. The Morgan fingerprint density at radius 1 is 1.13 bits per heavy atom. The van der Waals surface area contributed by atoms with Crippen LogP contribution in [-0.4, -0.2) is 39.9 Å². The summed E-state index contributed by atoms with van der Waals surface area (Å²) >= 11 is 1.80. The molecule has 1 saturated carbocycles. The van der Waals surface area contributed by atoms with E-state index in [2.05, 4.69) is 20.2 Å². The molecule has 2 aliphatic rings. The van der Waals surface area contributed by atoms with Gasteiger partial charge in [0, 0.05) is 47.6 Å². The number of rotatable bonds is 5. The average molecular weight is 421 g/mol. The average Bonchev–Trinajstić information content (AvgIpc) is 3.26. The molecule has 30 heavy (non-hydrogen) atoms. The highest BCUT2D eigenvalue weighted by molar-refractivity contribution is 7.09. The van der Waals surface area contributed by atoms with Gasteiger partial charge in [0.1, 0.15) is 0 Å². The predicted octanol–water partition coefficient (Wildman–Crippen LogP) is 4.43. The smallest absolute Gasteiger partial charge is 0.252 e. The van der Waals surface area contributed by atoms with Gasteiger partial charge in [0.2, 0.25) is 0 Å². The number of pyridine rings is 1. The van der Waals surface area contributed by atoms with Crippen molar-refractivity contribution in [3.8, 4) is 0 Å². The number of aromatic nitrogens is 2. The van der Waals surface area contributed by atoms with E-state index in [1.807, 2.05) is 35.8 Å². The van der Waals surface area contributed by atoms with Crippen LogP contribution in [0.5, 0.6) is 0 Å². The molecule has 3 heterocycles. The van der Waals surface area contributed by atoms with Crippen LogP contribution in [0.15, 0.2) is 42.0 Å². The summed E-state index contributed by atoms with van der Waals surface area (Å²) < 4.78 is 0. The van der Waals surface area contributed by atoms with Gasteiger partial charge in [0.05, 0.1) is 16.7 Å². The third-order valence-corrected chi connectivity index (χ3v) is 7.54. The van der Waals surface area contributed by atoms with Crippen molar-refractivity contribution in [3.63, 3.8) is 0 Å². The van der Waals surface area contributed by atoms with Gasteiger partial charge in [-0.25, -0.2) is 4.98 Å². The van der Waals surface area contributed by atoms with E-state index in [0.717, 1.165) is 54.7 Å². The van der Waals surface area contributed by atoms with E-state index in [1.165, 1.54) is 36.4 Å². The summed E-state index contributed by atoms with van der Waals surface area (Å²) in [6.07, 6.45) is 8.72. The van der Waals surface area contributed by atoms with Gasteiger partial charge in [-0.1, -0.05) is 12.1 Å². The molecule has 0 unspecified atom stereocenters. The minimum absolute atomic E-state index is 0.0331. The minimum Gasteiger partial charge on any atom is -0.349 e. The first-order valence-corrected chi connectivity index (χ1v) is 11.9. The Morgan fingerprint density at radius 2 is 2.03 bits per heavy atom. The fraction of sp³-hybridized carbons (Fsp3) is 0.458. The lowest BCUT2D eigenvalue weighted by Gasteiger charge is -2.32. The third-order valence-electron chi connectivity index (χ3n) is 6.68. The van der Waals surface area contributed by atoms with Crippen LogP contribution in [-0.2, 0) is 13.0 Å². The molecule has 1 N–H and O–H groups in total. The monoisotopic (exact) mass is 420 g/mol. The number of carbonyl (C=O) groups is 1. The summed E-state index contributed by atoms with van der Waals surface area (Å²) in [6.45, 7) is 3.40. The van der Waals surface area contributed by atoms with Crippen LogP contribution in [0.4, 0.5) is 0 Å². The van der Waals surface area contributed by atoms with Crippen molar-refractivity contribution in [3.05, 3.63) is 58.2 Å². The maximum Gasteiger partial charge on any atom is 0.252 e. The molecule has 0 atom stereocenters. The fourth-order valence-electron chi connectivity index (χ4n) is 4.89. The van der Waals surface area contributed by atoms with Gasteiger partial charge in [-0.2, -0.15) is 0 Å². The van der Waals surface area contributed by atoms with Crippen molar-refractivity contribution >= 4 is 28.1 Å². The molecule has 6 heteroatoms. The second-order valence-electron chi connectivity index (χ2n) is 8.60. The van der Waals surface area contributed by atoms with E-state index in [-0.39, 0.29) is 11.9 Å². The van der Waals surface area contributed by atoms with E-state index in [9.17, 15) is 4.79 Å². The van der Waals surface area contributed by atoms with Gasteiger partial charge in [0.25, 0.3) is 5.91 Å². The Bertz CT molecular complexity index is 1020. The zero-order chi connectivity index (χ0) is 20.3. The number of nitrogens with one attached hydrogen (secondary N) is 1. The summed E-state index contributed by atoms with van der Waals surface area (Å²) in [7, 11) is 0. The molecule has 1 aliphatic heterocycles. The zero-order valence-electron chi connectivity index (χ0n) is 17.2. The van der Waals surface area contributed by atoms with Crippen molar-refractivity contribution in [2.75, 3.05) is 13.1 Å². The highest BCUT2D eigenvalue weighted by Gasteiger charge is 2.25. The van der Waals surface area contributed by atoms with Crippen LogP contribution in [0.2, 0.25) is 0 Å². The van der Waals surface area contributed by atoms with Crippen LogP contribution in [0.25, 0.3) is 10.9 Å². The van der Waals surface area contributed by atoms with E-state index < -0.39 is 0 Å². The predicted molar refractivity (Wildman–Crippen MR) is 121 cm³/mol. The number of hydrogen-bond acceptors (Lipinski definition) is 5. The summed E-state index contributed by atoms with van der Waals surface area (Å²) in [5.41, 5.74) is 4.90. The first kappa shape index (κ1) is 19.6. The van der Waals surface area contributed by atoms with Crippen LogP contribution < -0.4 is 5.32 Å². The van der Waals surface area contributed by atoms with E-state index in [4.69, 9.17) is 0 Å². The molecule has 5 rings (SSSR count). The first-order chi connectivity index (χ1) is 14.8. The molecule has 1 amide bonds. The number of fused-ring (bicyclic) bond motifs is 2. The van der Waals surface area contributed by atoms with Crippen LogP contribution >= 0.6 is 11.3 Å². The Labute approximate surface area is 181 Å². The third kappa shape index (κ3) is 4.25. The molecule has 2 aromatic heterocycles. The van der Waals surface area contributed by atoms with Gasteiger partial charge in [0.15, 0.2) is 0 Å². The van der Waals surface area contributed by atoms with E-state index in [0.29, 0.717) is 0 Å². The molecule has 1 aromatic carbocycles. The summed E-state index contributed by atoms with van der Waals surface area (Å²) in [5, 5.41) is 4.21. The minimum atomic E-state index is 0.0331. The lowest BCUT2D eigenvalue weighted by atomic mass is 9.84. The molecule has 0 saturated heterocycles. The second-order valence-corrected chi connectivity index (χ2v) is 9.54. The lowest BCUT2D eigenvalue weighted by Crippen LogP contribution is -2.38. The molecule has 5 nitrogen and oxygen atoms in total. The number of nitrogens with zero attached hydrogens (tertiary/aromatic N) is 3. The molecule has 0 bridgehead atoms. The summed E-state index contributed by atoms with van der Waals surface area (Å²) in [6, 6.07) is 9.92. The second kappa shape index (κ2) is 8.82. The Balaban J connectivity index is 1.10. The highest BCUT2D eigenvalue weighted by Crippen LogP contribution is 2.29. The Morgan fingerprint density at radius 3 is 2.93 bits per heavy atom. The number of carbonyl (C=O) groups excluding carboxylic acids is 1. The molecule has 0 radical (unpaired) electrons. The van der Waals surface area contributed by atoms with Crippen molar-refractivity contribution in [2.24, 2.45) is 5.92 Å². The molecule has 1 fully saturated rings. The van der Waals surface area contributed by atoms with Gasteiger partial charge in [-0.3, -0.25) is 14.7 Å². The van der Waals surface area contributed by atoms with Crippen LogP contribution in [0.1, 0.15) is 53.0 Å². The van der Waals surface area contributed by atoms with Crippen molar-refractivity contribution in [2.45, 2.75) is 51.1 Å². The highest BCUT2D eigenvalue weighted by atomic mass is 32.1. The van der Waals surface area contributed by atoms with Crippen molar-refractivity contribution in [1.82, 2.24) is 20.2 Å². The largest absolute Gasteiger partial charge is 0.349 e. The standard InChI is InChI=1S/C24H28N4OS/c29-24(20-3-1-5-21-19(20)4-2-12-25-21)27-18-8-6-17(7-9-18)10-13-28-14-11-22-23(15-28)30-16-26-22/h1-5,12,16-18H,6-11,13-15H2,(H,27,29)/t17-,18-. The fourth-order valence-corrected chi connectivity index (χ4v) is 5.74. The van der Waals surface area contributed by atoms with Crippen molar-refractivity contribution in [1.29, 1.82) is 0 Å². The normalized spacial score (nSPS) is 22.0. The maximum atomic E-state index is 12.9. The quantitative estimate of drug-likeness (QED) is 0.663. The number of hydrogen-bond donors (Lipinski definition) is 1. The molecular weight excluding hydrogens is 392 g/mol. The van der Waals surface area contributed by atoms with E-state index in [1.54, 1.807) is 17.5 Å². The Kier molecular flexibility index (Phi) is 5.77. The topological polar surface area (TPSA) is 58.1 Å². The summed E-state index contributed by atoms with van der Waals surface area (Å²) in [4.78, 5) is 25.7. The van der Waals surface area contributed by atoms with Gasteiger partial charge in [-0.15, -0.1) is 11.3 Å². The number of thiazole rings is 1. The molecule has 0 spiro atoms. The first-order valence-electron chi connectivity index (χ1n) is 11.0. The summed E-state index contributed by atoms with van der Waals surface area (Å²) in [5.74, 6) is 0.813. The van der Waals surface area contributed by atoms with Crippen LogP contribution in [0, 0.1) is 5.92 Å². The van der Waals surface area contributed by atoms with E-state index >= 15 is 0 Å². The lowest BCUT2D eigenvalue weighted by molar-refractivity contribution is 0.0921. The number of benzene rings is 1. The van der Waals surface area contributed by atoms with Crippen LogP contribution in [0.3, 0.4) is 0 Å².